The smallest absolute Gasteiger partial charge is 0.222 e. The third-order valence-corrected chi connectivity index (χ3v) is 3.82. The zero-order valence-corrected chi connectivity index (χ0v) is 11.8. The van der Waals surface area contributed by atoms with Crippen molar-refractivity contribution in [1.82, 2.24) is 10.2 Å². The van der Waals surface area contributed by atoms with Gasteiger partial charge in [-0.05, 0) is 43.8 Å². The van der Waals surface area contributed by atoms with Crippen molar-refractivity contribution < 1.29 is 4.79 Å². The molecule has 0 saturated carbocycles. The first-order chi connectivity index (χ1) is 9.25. The van der Waals surface area contributed by atoms with Gasteiger partial charge in [0.25, 0.3) is 0 Å². The zero-order valence-electron chi connectivity index (χ0n) is 11.8. The minimum absolute atomic E-state index is 0.280. The van der Waals surface area contributed by atoms with Gasteiger partial charge in [-0.1, -0.05) is 30.3 Å². The molecule has 3 heteroatoms. The SMILES string of the molecule is CN(CC1CCNC1)C(=O)CCCc1ccccc1. The predicted molar refractivity (Wildman–Crippen MR) is 78.0 cm³/mol. The van der Waals surface area contributed by atoms with E-state index in [1.165, 1.54) is 12.0 Å². The first kappa shape index (κ1) is 14.1. The topological polar surface area (TPSA) is 32.3 Å². The molecule has 1 aromatic carbocycles. The van der Waals surface area contributed by atoms with Gasteiger partial charge in [0.2, 0.25) is 5.91 Å². The van der Waals surface area contributed by atoms with Crippen LogP contribution in [0.1, 0.15) is 24.8 Å². The van der Waals surface area contributed by atoms with Crippen LogP contribution in [0.15, 0.2) is 30.3 Å². The van der Waals surface area contributed by atoms with E-state index >= 15 is 0 Å². The summed E-state index contributed by atoms with van der Waals surface area (Å²) in [6.07, 6.45) is 3.79. The molecule has 0 radical (unpaired) electrons. The largest absolute Gasteiger partial charge is 0.345 e. The quantitative estimate of drug-likeness (QED) is 0.849. The summed E-state index contributed by atoms with van der Waals surface area (Å²) in [5.74, 6) is 0.922. The van der Waals surface area contributed by atoms with Gasteiger partial charge < -0.3 is 10.2 Å². The lowest BCUT2D eigenvalue weighted by atomic mass is 10.1. The summed E-state index contributed by atoms with van der Waals surface area (Å²) < 4.78 is 0. The summed E-state index contributed by atoms with van der Waals surface area (Å²) >= 11 is 0. The summed E-state index contributed by atoms with van der Waals surface area (Å²) in [4.78, 5) is 13.9. The van der Waals surface area contributed by atoms with Gasteiger partial charge >= 0.3 is 0 Å². The zero-order chi connectivity index (χ0) is 13.5. The Hall–Kier alpha value is -1.35. The highest BCUT2D eigenvalue weighted by molar-refractivity contribution is 5.75. The maximum atomic E-state index is 12.0. The number of nitrogens with one attached hydrogen (secondary N) is 1. The second-order valence-electron chi connectivity index (χ2n) is 5.47. The maximum absolute atomic E-state index is 12.0. The number of carbonyl (C=O) groups is 1. The lowest BCUT2D eigenvalue weighted by Gasteiger charge is -2.20. The number of nitrogens with zero attached hydrogens (tertiary/aromatic N) is 1. The number of aryl methyl sites for hydroxylation is 1. The molecule has 2 rings (SSSR count). The number of amides is 1. The number of rotatable bonds is 6. The highest BCUT2D eigenvalue weighted by atomic mass is 16.2. The van der Waals surface area contributed by atoms with Crippen LogP contribution >= 0.6 is 0 Å². The van der Waals surface area contributed by atoms with Crippen molar-refractivity contribution in [3.63, 3.8) is 0 Å². The Bertz CT molecular complexity index is 385. The molecule has 1 fully saturated rings. The van der Waals surface area contributed by atoms with Crippen molar-refractivity contribution in [3.05, 3.63) is 35.9 Å². The van der Waals surface area contributed by atoms with Crippen LogP contribution in [0.2, 0.25) is 0 Å². The number of hydrogen-bond acceptors (Lipinski definition) is 2. The van der Waals surface area contributed by atoms with E-state index in [-0.39, 0.29) is 5.91 Å². The molecule has 3 nitrogen and oxygen atoms in total. The highest BCUT2D eigenvalue weighted by Gasteiger charge is 2.18. The van der Waals surface area contributed by atoms with Crippen LogP contribution in [-0.2, 0) is 11.2 Å². The van der Waals surface area contributed by atoms with Crippen LogP contribution in [0.4, 0.5) is 0 Å². The van der Waals surface area contributed by atoms with E-state index in [0.29, 0.717) is 12.3 Å². The molecule has 19 heavy (non-hydrogen) atoms. The molecule has 1 aliphatic rings. The van der Waals surface area contributed by atoms with Gasteiger partial charge in [-0.25, -0.2) is 0 Å². The van der Waals surface area contributed by atoms with E-state index in [9.17, 15) is 4.79 Å². The van der Waals surface area contributed by atoms with Crippen molar-refractivity contribution in [3.8, 4) is 0 Å². The summed E-state index contributed by atoms with van der Waals surface area (Å²) in [5.41, 5.74) is 1.32. The monoisotopic (exact) mass is 260 g/mol. The Morgan fingerprint density at radius 2 is 2.16 bits per heavy atom. The molecule has 0 aromatic heterocycles. The van der Waals surface area contributed by atoms with Crippen molar-refractivity contribution in [2.45, 2.75) is 25.7 Å². The van der Waals surface area contributed by atoms with Crippen LogP contribution in [0.5, 0.6) is 0 Å². The van der Waals surface area contributed by atoms with Gasteiger partial charge in [0.15, 0.2) is 0 Å². The Labute approximate surface area is 116 Å². The standard InChI is InChI=1S/C16H24N2O/c1-18(13-15-10-11-17-12-15)16(19)9-5-8-14-6-3-2-4-7-14/h2-4,6-7,15,17H,5,8-13H2,1H3. The van der Waals surface area contributed by atoms with Gasteiger partial charge in [-0.3, -0.25) is 4.79 Å². The Kier molecular flexibility index (Phi) is 5.40. The van der Waals surface area contributed by atoms with Crippen molar-refractivity contribution >= 4 is 5.91 Å². The molecular formula is C16H24N2O. The lowest BCUT2D eigenvalue weighted by molar-refractivity contribution is -0.130. The fourth-order valence-corrected chi connectivity index (χ4v) is 2.64. The molecule has 1 aliphatic heterocycles. The van der Waals surface area contributed by atoms with E-state index in [4.69, 9.17) is 0 Å². The minimum Gasteiger partial charge on any atom is -0.345 e. The van der Waals surface area contributed by atoms with E-state index in [2.05, 4.69) is 29.6 Å². The summed E-state index contributed by atoms with van der Waals surface area (Å²) in [6.45, 7) is 3.06. The summed E-state index contributed by atoms with van der Waals surface area (Å²) in [6, 6.07) is 10.4. The molecule has 1 N–H and O–H groups in total. The first-order valence-corrected chi connectivity index (χ1v) is 7.24. The van der Waals surface area contributed by atoms with E-state index in [1.807, 2.05) is 18.0 Å². The normalized spacial score (nSPS) is 18.5. The number of benzene rings is 1. The summed E-state index contributed by atoms with van der Waals surface area (Å²) in [7, 11) is 1.93. The molecular weight excluding hydrogens is 236 g/mol. The van der Waals surface area contributed by atoms with Crippen LogP contribution in [0.25, 0.3) is 0 Å². The molecule has 104 valence electrons. The maximum Gasteiger partial charge on any atom is 0.222 e. The van der Waals surface area contributed by atoms with E-state index in [0.717, 1.165) is 32.5 Å². The van der Waals surface area contributed by atoms with Gasteiger partial charge in [-0.15, -0.1) is 0 Å². The lowest BCUT2D eigenvalue weighted by Crippen LogP contribution is -2.32. The third kappa shape index (κ3) is 4.67. The first-order valence-electron chi connectivity index (χ1n) is 7.24. The fourth-order valence-electron chi connectivity index (χ4n) is 2.64. The predicted octanol–water partition coefficient (Wildman–Crippen LogP) is 2.08. The molecule has 1 unspecified atom stereocenters. The van der Waals surface area contributed by atoms with Crippen LogP contribution in [0.3, 0.4) is 0 Å². The van der Waals surface area contributed by atoms with Crippen LogP contribution < -0.4 is 5.32 Å². The molecule has 0 bridgehead atoms. The van der Waals surface area contributed by atoms with E-state index in [1.54, 1.807) is 0 Å². The van der Waals surface area contributed by atoms with Crippen molar-refractivity contribution in [2.75, 3.05) is 26.7 Å². The average Bonchev–Trinajstić information content (AvgIpc) is 2.92. The Morgan fingerprint density at radius 3 is 2.84 bits per heavy atom. The summed E-state index contributed by atoms with van der Waals surface area (Å²) in [5, 5.41) is 3.34. The van der Waals surface area contributed by atoms with Crippen LogP contribution in [0, 0.1) is 5.92 Å². The third-order valence-electron chi connectivity index (χ3n) is 3.82. The molecule has 1 atom stereocenters. The average molecular weight is 260 g/mol. The van der Waals surface area contributed by atoms with Crippen molar-refractivity contribution in [1.29, 1.82) is 0 Å². The highest BCUT2D eigenvalue weighted by Crippen LogP contribution is 2.11. The van der Waals surface area contributed by atoms with Gasteiger partial charge in [0, 0.05) is 20.0 Å². The Morgan fingerprint density at radius 1 is 1.37 bits per heavy atom. The molecule has 1 heterocycles. The second-order valence-corrected chi connectivity index (χ2v) is 5.47. The van der Waals surface area contributed by atoms with Gasteiger partial charge in [-0.2, -0.15) is 0 Å². The molecule has 0 aliphatic carbocycles. The molecule has 1 saturated heterocycles. The number of carbonyl (C=O) groups excluding carboxylic acids is 1. The molecule has 1 aromatic rings. The fraction of sp³-hybridized carbons (Fsp3) is 0.562. The molecule has 0 spiro atoms. The van der Waals surface area contributed by atoms with E-state index < -0.39 is 0 Å². The number of hydrogen-bond donors (Lipinski definition) is 1. The van der Waals surface area contributed by atoms with Gasteiger partial charge in [0.1, 0.15) is 0 Å². The second kappa shape index (κ2) is 7.29. The molecule has 1 amide bonds. The van der Waals surface area contributed by atoms with Crippen molar-refractivity contribution in [2.24, 2.45) is 5.92 Å². The van der Waals surface area contributed by atoms with Gasteiger partial charge in [0.05, 0.1) is 0 Å². The van der Waals surface area contributed by atoms with Crippen LogP contribution in [-0.4, -0.2) is 37.5 Å². The minimum atomic E-state index is 0.280. The Balaban J connectivity index is 1.66.